The summed E-state index contributed by atoms with van der Waals surface area (Å²) in [6.07, 6.45) is 3.46. The zero-order chi connectivity index (χ0) is 10.7. The van der Waals surface area contributed by atoms with Crippen LogP contribution < -0.4 is 5.73 Å². The number of hydrogen-bond donors (Lipinski definition) is 1. The van der Waals surface area contributed by atoms with Crippen molar-refractivity contribution in [2.75, 3.05) is 18.9 Å². The van der Waals surface area contributed by atoms with Crippen molar-refractivity contribution in [1.82, 2.24) is 4.98 Å². The molecule has 1 aliphatic heterocycles. The van der Waals surface area contributed by atoms with Crippen LogP contribution in [0.25, 0.3) is 0 Å². The number of nitriles is 1. The van der Waals surface area contributed by atoms with Gasteiger partial charge in [-0.1, -0.05) is 0 Å². The van der Waals surface area contributed by atoms with Crippen LogP contribution in [0.1, 0.15) is 17.5 Å². The lowest BCUT2D eigenvalue weighted by molar-refractivity contribution is 0.186. The van der Waals surface area contributed by atoms with Crippen molar-refractivity contribution in [1.29, 1.82) is 5.26 Å². The Hall–Kier alpha value is -1.60. The standard InChI is InChI=1S/C11H13N3O/c12-5-10-6-14-11(13)4-9(10)3-8-1-2-15-7-8/h4,6,8H,1-3,7H2,(H2,13,14). The highest BCUT2D eigenvalue weighted by molar-refractivity contribution is 5.43. The summed E-state index contributed by atoms with van der Waals surface area (Å²) in [5.74, 6) is 0.988. The van der Waals surface area contributed by atoms with Crippen molar-refractivity contribution in [2.24, 2.45) is 5.92 Å². The Morgan fingerprint density at radius 3 is 3.20 bits per heavy atom. The van der Waals surface area contributed by atoms with Gasteiger partial charge >= 0.3 is 0 Å². The van der Waals surface area contributed by atoms with Crippen LogP contribution in [0.3, 0.4) is 0 Å². The molecule has 4 heteroatoms. The topological polar surface area (TPSA) is 71.9 Å². The lowest BCUT2D eigenvalue weighted by atomic mass is 9.96. The van der Waals surface area contributed by atoms with Gasteiger partial charge in [-0.05, 0) is 30.4 Å². The Balaban J connectivity index is 2.18. The number of ether oxygens (including phenoxy) is 1. The monoisotopic (exact) mass is 203 g/mol. The van der Waals surface area contributed by atoms with Gasteiger partial charge in [0, 0.05) is 19.4 Å². The Morgan fingerprint density at radius 2 is 2.53 bits per heavy atom. The van der Waals surface area contributed by atoms with E-state index < -0.39 is 0 Å². The van der Waals surface area contributed by atoms with Crippen molar-refractivity contribution >= 4 is 5.82 Å². The van der Waals surface area contributed by atoms with Gasteiger partial charge in [0.05, 0.1) is 5.56 Å². The maximum absolute atomic E-state index is 8.92. The second-order valence-electron chi connectivity index (χ2n) is 3.81. The molecule has 0 aromatic carbocycles. The predicted octanol–water partition coefficient (Wildman–Crippen LogP) is 1.11. The number of hydrogen-bond acceptors (Lipinski definition) is 4. The average Bonchev–Trinajstić information content (AvgIpc) is 2.71. The number of anilines is 1. The number of nitrogens with two attached hydrogens (primary N) is 1. The molecule has 2 N–H and O–H groups in total. The minimum atomic E-state index is 0.475. The first-order valence-electron chi connectivity index (χ1n) is 5.02. The fraction of sp³-hybridized carbons (Fsp3) is 0.455. The molecule has 1 fully saturated rings. The Morgan fingerprint density at radius 1 is 1.67 bits per heavy atom. The SMILES string of the molecule is N#Cc1cnc(N)cc1CC1CCOC1. The summed E-state index contributed by atoms with van der Waals surface area (Å²) < 4.78 is 5.30. The van der Waals surface area contributed by atoms with Gasteiger partial charge in [-0.3, -0.25) is 0 Å². The van der Waals surface area contributed by atoms with E-state index in [-0.39, 0.29) is 0 Å². The second-order valence-corrected chi connectivity index (χ2v) is 3.81. The van der Waals surface area contributed by atoms with E-state index in [1.54, 1.807) is 12.3 Å². The molecule has 1 atom stereocenters. The van der Waals surface area contributed by atoms with Crippen LogP contribution in [0.15, 0.2) is 12.3 Å². The second kappa shape index (κ2) is 4.28. The largest absolute Gasteiger partial charge is 0.384 e. The van der Waals surface area contributed by atoms with E-state index in [0.717, 1.165) is 31.6 Å². The van der Waals surface area contributed by atoms with E-state index >= 15 is 0 Å². The third kappa shape index (κ3) is 2.25. The van der Waals surface area contributed by atoms with Crippen molar-refractivity contribution in [3.05, 3.63) is 23.4 Å². The molecule has 4 nitrogen and oxygen atoms in total. The molecule has 0 radical (unpaired) electrons. The lowest BCUT2D eigenvalue weighted by Crippen LogP contribution is -2.06. The molecule has 0 aliphatic carbocycles. The van der Waals surface area contributed by atoms with Crippen LogP contribution in [0.4, 0.5) is 5.82 Å². The molecule has 15 heavy (non-hydrogen) atoms. The highest BCUT2D eigenvalue weighted by Gasteiger charge is 2.17. The number of rotatable bonds is 2. The Kier molecular flexibility index (Phi) is 2.84. The molecule has 78 valence electrons. The first kappa shape index (κ1) is 9.94. The number of pyridine rings is 1. The lowest BCUT2D eigenvalue weighted by Gasteiger charge is -2.09. The van der Waals surface area contributed by atoms with E-state index in [1.165, 1.54) is 0 Å². The van der Waals surface area contributed by atoms with Gasteiger partial charge in [0.15, 0.2) is 0 Å². The van der Waals surface area contributed by atoms with Crippen LogP contribution in [-0.4, -0.2) is 18.2 Å². The van der Waals surface area contributed by atoms with Crippen molar-refractivity contribution in [2.45, 2.75) is 12.8 Å². The minimum Gasteiger partial charge on any atom is -0.384 e. The van der Waals surface area contributed by atoms with Gasteiger partial charge in [-0.2, -0.15) is 5.26 Å². The van der Waals surface area contributed by atoms with E-state index in [4.69, 9.17) is 15.7 Å². The van der Waals surface area contributed by atoms with Crippen molar-refractivity contribution in [3.8, 4) is 6.07 Å². The molecule has 1 aromatic heterocycles. The summed E-state index contributed by atoms with van der Waals surface area (Å²) in [6.45, 7) is 1.61. The first-order valence-corrected chi connectivity index (χ1v) is 5.02. The smallest absolute Gasteiger partial charge is 0.123 e. The van der Waals surface area contributed by atoms with E-state index in [1.807, 2.05) is 0 Å². The highest BCUT2D eigenvalue weighted by atomic mass is 16.5. The Labute approximate surface area is 88.7 Å². The van der Waals surface area contributed by atoms with Gasteiger partial charge < -0.3 is 10.5 Å². The van der Waals surface area contributed by atoms with Gasteiger partial charge in [0.1, 0.15) is 11.9 Å². The zero-order valence-electron chi connectivity index (χ0n) is 8.44. The molecular formula is C11H13N3O. The summed E-state index contributed by atoms with van der Waals surface area (Å²) in [5.41, 5.74) is 7.21. The first-order chi connectivity index (χ1) is 7.29. The molecular weight excluding hydrogens is 190 g/mol. The maximum Gasteiger partial charge on any atom is 0.123 e. The van der Waals surface area contributed by atoms with Crippen LogP contribution in [-0.2, 0) is 11.2 Å². The third-order valence-electron chi connectivity index (χ3n) is 2.66. The predicted molar refractivity (Wildman–Crippen MR) is 56.0 cm³/mol. The fourth-order valence-corrected chi connectivity index (χ4v) is 1.84. The maximum atomic E-state index is 8.92. The molecule has 0 saturated carbocycles. The van der Waals surface area contributed by atoms with Gasteiger partial charge in [-0.15, -0.1) is 0 Å². The van der Waals surface area contributed by atoms with Crippen LogP contribution in [0.2, 0.25) is 0 Å². The molecule has 1 unspecified atom stereocenters. The summed E-state index contributed by atoms with van der Waals surface area (Å²) in [5, 5.41) is 8.92. The van der Waals surface area contributed by atoms with Gasteiger partial charge in [0.2, 0.25) is 0 Å². The van der Waals surface area contributed by atoms with E-state index in [2.05, 4.69) is 11.1 Å². The third-order valence-corrected chi connectivity index (χ3v) is 2.66. The fourth-order valence-electron chi connectivity index (χ4n) is 1.84. The minimum absolute atomic E-state index is 0.475. The summed E-state index contributed by atoms with van der Waals surface area (Å²) >= 11 is 0. The summed E-state index contributed by atoms with van der Waals surface area (Å²) in [6, 6.07) is 3.93. The number of aromatic nitrogens is 1. The van der Waals surface area contributed by atoms with E-state index in [0.29, 0.717) is 17.3 Å². The Bertz CT molecular complexity index is 391. The molecule has 1 aliphatic rings. The van der Waals surface area contributed by atoms with E-state index in [9.17, 15) is 0 Å². The molecule has 1 aromatic rings. The molecule has 2 rings (SSSR count). The van der Waals surface area contributed by atoms with Crippen LogP contribution in [0.5, 0.6) is 0 Å². The summed E-state index contributed by atoms with van der Waals surface area (Å²) in [4.78, 5) is 3.91. The van der Waals surface area contributed by atoms with Gasteiger partial charge in [-0.25, -0.2) is 4.98 Å². The van der Waals surface area contributed by atoms with Crippen LogP contribution in [0, 0.1) is 17.2 Å². The number of nitrogens with zero attached hydrogens (tertiary/aromatic N) is 2. The zero-order valence-corrected chi connectivity index (χ0v) is 8.44. The molecule has 1 saturated heterocycles. The van der Waals surface area contributed by atoms with Gasteiger partial charge in [0.25, 0.3) is 0 Å². The summed E-state index contributed by atoms with van der Waals surface area (Å²) in [7, 11) is 0. The average molecular weight is 203 g/mol. The molecule has 0 bridgehead atoms. The molecule has 0 amide bonds. The van der Waals surface area contributed by atoms with Crippen molar-refractivity contribution < 1.29 is 4.74 Å². The molecule has 2 heterocycles. The molecule has 0 spiro atoms. The van der Waals surface area contributed by atoms with Crippen molar-refractivity contribution in [3.63, 3.8) is 0 Å². The normalized spacial score (nSPS) is 20.1. The quantitative estimate of drug-likeness (QED) is 0.781. The highest BCUT2D eigenvalue weighted by Crippen LogP contribution is 2.21. The van der Waals surface area contributed by atoms with Crippen LogP contribution >= 0.6 is 0 Å². The number of nitrogen functional groups attached to an aromatic ring is 1.